The van der Waals surface area contributed by atoms with E-state index in [9.17, 15) is 0 Å². The van der Waals surface area contributed by atoms with Crippen LogP contribution in [0.5, 0.6) is 0 Å². The Hall–Kier alpha value is -1.23. The number of hydrogen-bond donors (Lipinski definition) is 2. The van der Waals surface area contributed by atoms with E-state index in [1.165, 1.54) is 0 Å². The van der Waals surface area contributed by atoms with Gasteiger partial charge in [-0.1, -0.05) is 33.0 Å². The van der Waals surface area contributed by atoms with Gasteiger partial charge in [0.2, 0.25) is 5.95 Å². The summed E-state index contributed by atoms with van der Waals surface area (Å²) in [5, 5.41) is 3.16. The van der Waals surface area contributed by atoms with Crippen LogP contribution in [0.4, 0.5) is 5.95 Å². The SMILES string of the molecule is CC(C)(C)CCNc1nccc(C(N)=S)n1. The predicted octanol–water partition coefficient (Wildman–Crippen LogP) is 1.96. The smallest absolute Gasteiger partial charge is 0.223 e. The van der Waals surface area contributed by atoms with Crippen LogP contribution in [0.1, 0.15) is 32.9 Å². The molecule has 0 aliphatic heterocycles. The van der Waals surface area contributed by atoms with Crippen LogP contribution >= 0.6 is 12.2 Å². The average Bonchev–Trinajstić information content (AvgIpc) is 2.16. The van der Waals surface area contributed by atoms with E-state index in [0.29, 0.717) is 22.0 Å². The van der Waals surface area contributed by atoms with Crippen molar-refractivity contribution in [2.45, 2.75) is 27.2 Å². The zero-order chi connectivity index (χ0) is 12.2. The third-order valence-corrected chi connectivity index (χ3v) is 2.28. The average molecular weight is 238 g/mol. The number of nitrogens with two attached hydrogens (primary N) is 1. The first-order chi connectivity index (χ1) is 7.38. The summed E-state index contributed by atoms with van der Waals surface area (Å²) in [6.07, 6.45) is 2.70. The minimum absolute atomic E-state index is 0.293. The molecule has 0 amide bonds. The maximum atomic E-state index is 5.49. The molecule has 0 atom stereocenters. The van der Waals surface area contributed by atoms with Crippen LogP contribution in [0, 0.1) is 5.41 Å². The van der Waals surface area contributed by atoms with Crippen molar-refractivity contribution in [3.05, 3.63) is 18.0 Å². The molecular weight excluding hydrogens is 220 g/mol. The summed E-state index contributed by atoms with van der Waals surface area (Å²) in [5.41, 5.74) is 6.39. The van der Waals surface area contributed by atoms with Gasteiger partial charge in [0.15, 0.2) is 0 Å². The Morgan fingerprint density at radius 2 is 2.19 bits per heavy atom. The van der Waals surface area contributed by atoms with E-state index in [0.717, 1.165) is 13.0 Å². The quantitative estimate of drug-likeness (QED) is 0.785. The van der Waals surface area contributed by atoms with Crippen LogP contribution in [0.3, 0.4) is 0 Å². The summed E-state index contributed by atoms with van der Waals surface area (Å²) in [6.45, 7) is 7.42. The number of hydrogen-bond acceptors (Lipinski definition) is 4. The van der Waals surface area contributed by atoms with E-state index in [4.69, 9.17) is 18.0 Å². The molecule has 0 spiro atoms. The second kappa shape index (κ2) is 5.21. The molecule has 0 fully saturated rings. The normalized spacial score (nSPS) is 11.2. The molecule has 0 radical (unpaired) electrons. The third kappa shape index (κ3) is 4.53. The van der Waals surface area contributed by atoms with Crippen molar-refractivity contribution in [1.29, 1.82) is 0 Å². The number of anilines is 1. The lowest BCUT2D eigenvalue weighted by molar-refractivity contribution is 0.389. The van der Waals surface area contributed by atoms with Crippen molar-refractivity contribution in [3.63, 3.8) is 0 Å². The third-order valence-electron chi connectivity index (χ3n) is 2.07. The Balaban J connectivity index is 2.55. The Bertz CT molecular complexity index is 370. The minimum atomic E-state index is 0.293. The highest BCUT2D eigenvalue weighted by molar-refractivity contribution is 7.80. The second-order valence-electron chi connectivity index (χ2n) is 4.87. The molecule has 0 aromatic carbocycles. The molecule has 4 nitrogen and oxygen atoms in total. The summed E-state index contributed by atoms with van der Waals surface area (Å²) in [5.74, 6) is 0.578. The summed E-state index contributed by atoms with van der Waals surface area (Å²) in [4.78, 5) is 8.60. The molecule has 1 aromatic heterocycles. The van der Waals surface area contributed by atoms with E-state index in [1.807, 2.05) is 0 Å². The summed E-state index contributed by atoms with van der Waals surface area (Å²) in [6, 6.07) is 1.71. The van der Waals surface area contributed by atoms with E-state index >= 15 is 0 Å². The van der Waals surface area contributed by atoms with Gasteiger partial charge in [-0.2, -0.15) is 0 Å². The molecule has 0 aliphatic carbocycles. The van der Waals surface area contributed by atoms with E-state index < -0.39 is 0 Å². The second-order valence-corrected chi connectivity index (χ2v) is 5.31. The molecule has 1 rings (SSSR count). The topological polar surface area (TPSA) is 63.8 Å². The molecule has 3 N–H and O–H groups in total. The molecular formula is C11H18N4S. The molecule has 16 heavy (non-hydrogen) atoms. The number of thiocarbonyl (C=S) groups is 1. The number of aromatic nitrogens is 2. The molecule has 88 valence electrons. The van der Waals surface area contributed by atoms with Crippen LogP contribution in [0.2, 0.25) is 0 Å². The fourth-order valence-electron chi connectivity index (χ4n) is 1.13. The first kappa shape index (κ1) is 12.8. The van der Waals surface area contributed by atoms with Crippen LogP contribution in [0.25, 0.3) is 0 Å². The van der Waals surface area contributed by atoms with Gasteiger partial charge in [-0.05, 0) is 17.9 Å². The molecule has 0 unspecified atom stereocenters. The molecule has 0 saturated carbocycles. The fraction of sp³-hybridized carbons (Fsp3) is 0.545. The minimum Gasteiger partial charge on any atom is -0.388 e. The van der Waals surface area contributed by atoms with Crippen molar-refractivity contribution in [3.8, 4) is 0 Å². The summed E-state index contributed by atoms with van der Waals surface area (Å²) >= 11 is 4.85. The van der Waals surface area contributed by atoms with Gasteiger partial charge < -0.3 is 11.1 Å². The predicted molar refractivity (Wildman–Crippen MR) is 70.5 cm³/mol. The molecule has 1 aromatic rings. The lowest BCUT2D eigenvalue weighted by Gasteiger charge is -2.17. The van der Waals surface area contributed by atoms with Gasteiger partial charge in [0.25, 0.3) is 0 Å². The van der Waals surface area contributed by atoms with Gasteiger partial charge in [0, 0.05) is 12.7 Å². The van der Waals surface area contributed by atoms with Gasteiger partial charge in [-0.15, -0.1) is 0 Å². The van der Waals surface area contributed by atoms with Crippen LogP contribution < -0.4 is 11.1 Å². The van der Waals surface area contributed by atoms with Crippen molar-refractivity contribution in [2.24, 2.45) is 11.1 Å². The van der Waals surface area contributed by atoms with Gasteiger partial charge >= 0.3 is 0 Å². The van der Waals surface area contributed by atoms with Crippen molar-refractivity contribution in [2.75, 3.05) is 11.9 Å². The van der Waals surface area contributed by atoms with Gasteiger partial charge in [0.05, 0.1) is 0 Å². The highest BCUT2D eigenvalue weighted by Crippen LogP contribution is 2.17. The van der Waals surface area contributed by atoms with Crippen LogP contribution in [0.15, 0.2) is 12.3 Å². The van der Waals surface area contributed by atoms with Crippen LogP contribution in [-0.2, 0) is 0 Å². The van der Waals surface area contributed by atoms with E-state index in [1.54, 1.807) is 12.3 Å². The number of nitrogens with one attached hydrogen (secondary N) is 1. The van der Waals surface area contributed by atoms with Crippen molar-refractivity contribution < 1.29 is 0 Å². The Morgan fingerprint density at radius 1 is 1.50 bits per heavy atom. The largest absolute Gasteiger partial charge is 0.388 e. The van der Waals surface area contributed by atoms with E-state index in [2.05, 4.69) is 36.1 Å². The number of nitrogens with zero attached hydrogens (tertiary/aromatic N) is 2. The Labute approximate surface area is 102 Å². The van der Waals surface area contributed by atoms with Crippen molar-refractivity contribution >= 4 is 23.2 Å². The lowest BCUT2D eigenvalue weighted by Crippen LogP contribution is -2.16. The van der Waals surface area contributed by atoms with Gasteiger partial charge in [-0.25, -0.2) is 9.97 Å². The van der Waals surface area contributed by atoms with Crippen LogP contribution in [-0.4, -0.2) is 21.5 Å². The summed E-state index contributed by atoms with van der Waals surface area (Å²) in [7, 11) is 0. The highest BCUT2D eigenvalue weighted by atomic mass is 32.1. The Kier molecular flexibility index (Phi) is 4.18. The summed E-state index contributed by atoms with van der Waals surface area (Å²) < 4.78 is 0. The van der Waals surface area contributed by atoms with Gasteiger partial charge in [0.1, 0.15) is 10.7 Å². The standard InChI is InChI=1S/C11H18N4S/c1-11(2,3)5-7-14-10-13-6-4-8(15-10)9(12)16/h4,6H,5,7H2,1-3H3,(H2,12,16)(H,13,14,15). The molecule has 0 saturated heterocycles. The maximum Gasteiger partial charge on any atom is 0.223 e. The lowest BCUT2D eigenvalue weighted by atomic mass is 9.92. The first-order valence-electron chi connectivity index (χ1n) is 5.25. The fourth-order valence-corrected chi connectivity index (χ4v) is 1.24. The first-order valence-corrected chi connectivity index (χ1v) is 5.66. The Morgan fingerprint density at radius 3 is 2.75 bits per heavy atom. The maximum absolute atomic E-state index is 5.49. The molecule has 0 bridgehead atoms. The highest BCUT2D eigenvalue weighted by Gasteiger charge is 2.09. The zero-order valence-electron chi connectivity index (χ0n) is 9.95. The molecule has 5 heteroatoms. The van der Waals surface area contributed by atoms with E-state index in [-0.39, 0.29) is 0 Å². The number of rotatable bonds is 4. The molecule has 1 heterocycles. The van der Waals surface area contributed by atoms with Crippen molar-refractivity contribution in [1.82, 2.24) is 9.97 Å². The van der Waals surface area contributed by atoms with Gasteiger partial charge in [-0.3, -0.25) is 0 Å². The monoisotopic (exact) mass is 238 g/mol. The zero-order valence-corrected chi connectivity index (χ0v) is 10.8. The molecule has 0 aliphatic rings.